The molecule has 3 rings (SSSR count). The molecule has 17 heavy (non-hydrogen) atoms. The Labute approximate surface area is 119 Å². The van der Waals surface area contributed by atoms with Crippen molar-refractivity contribution in [2.45, 2.75) is 32.1 Å². The molecular formula is C14H16Br2O. The maximum Gasteiger partial charge on any atom is 0.121 e. The van der Waals surface area contributed by atoms with Crippen LogP contribution >= 0.6 is 31.9 Å². The third-order valence-electron chi connectivity index (χ3n) is 4.27. The summed E-state index contributed by atoms with van der Waals surface area (Å²) >= 11 is 6.99. The Morgan fingerprint density at radius 1 is 1.12 bits per heavy atom. The molecule has 1 aromatic carbocycles. The number of halogens is 2. The van der Waals surface area contributed by atoms with Crippen molar-refractivity contribution in [2.24, 2.45) is 11.3 Å². The molecule has 0 atom stereocenters. The summed E-state index contributed by atoms with van der Waals surface area (Å²) < 4.78 is 8.14. The molecule has 0 aliphatic heterocycles. The summed E-state index contributed by atoms with van der Waals surface area (Å²) in [7, 11) is 0. The molecule has 0 radical (unpaired) electrons. The highest BCUT2D eigenvalue weighted by molar-refractivity contribution is 9.11. The van der Waals surface area contributed by atoms with Gasteiger partial charge in [-0.15, -0.1) is 0 Å². The Bertz CT molecular complexity index is 402. The lowest BCUT2D eigenvalue weighted by Gasteiger charge is -2.26. The van der Waals surface area contributed by atoms with Crippen molar-refractivity contribution in [1.82, 2.24) is 0 Å². The quantitative estimate of drug-likeness (QED) is 0.723. The van der Waals surface area contributed by atoms with Gasteiger partial charge in [-0.1, -0.05) is 31.9 Å². The Balaban J connectivity index is 1.67. The van der Waals surface area contributed by atoms with E-state index in [9.17, 15) is 0 Å². The zero-order valence-electron chi connectivity index (χ0n) is 9.72. The van der Waals surface area contributed by atoms with E-state index in [0.29, 0.717) is 5.41 Å². The molecule has 1 nitrogen and oxygen atoms in total. The zero-order valence-corrected chi connectivity index (χ0v) is 12.9. The first-order chi connectivity index (χ1) is 8.15. The molecule has 2 bridgehead atoms. The van der Waals surface area contributed by atoms with Crippen molar-refractivity contribution >= 4 is 31.9 Å². The molecule has 92 valence electrons. The lowest BCUT2D eigenvalue weighted by Crippen LogP contribution is -2.23. The highest BCUT2D eigenvalue weighted by Crippen LogP contribution is 2.54. The summed E-state index contributed by atoms with van der Waals surface area (Å²) in [6.07, 6.45) is 6.97. The van der Waals surface area contributed by atoms with Crippen molar-refractivity contribution in [3.05, 3.63) is 27.1 Å². The van der Waals surface area contributed by atoms with E-state index in [1.165, 1.54) is 32.1 Å². The van der Waals surface area contributed by atoms with Crippen molar-refractivity contribution < 1.29 is 4.74 Å². The molecule has 2 saturated carbocycles. The van der Waals surface area contributed by atoms with Gasteiger partial charge < -0.3 is 4.74 Å². The molecule has 0 N–H and O–H groups in total. The molecule has 0 spiro atoms. The van der Waals surface area contributed by atoms with E-state index in [4.69, 9.17) is 4.74 Å². The molecular weight excluding hydrogens is 344 g/mol. The van der Waals surface area contributed by atoms with Crippen LogP contribution in [-0.2, 0) is 0 Å². The van der Waals surface area contributed by atoms with Crippen LogP contribution in [0.15, 0.2) is 27.1 Å². The summed E-state index contributed by atoms with van der Waals surface area (Å²) in [5.41, 5.74) is 0.499. The number of benzene rings is 1. The van der Waals surface area contributed by atoms with Crippen LogP contribution in [0.4, 0.5) is 0 Å². The second-order valence-electron chi connectivity index (χ2n) is 5.54. The largest absolute Gasteiger partial charge is 0.493 e. The third-order valence-corrected chi connectivity index (χ3v) is 5.18. The first kappa shape index (κ1) is 12.0. The standard InChI is InChI=1S/C14H16Br2O/c15-11-5-12(16)7-13(6-11)17-9-14-3-1-10(8-14)2-4-14/h5-7,10H,1-4,8-9H2. The van der Waals surface area contributed by atoms with E-state index in [-0.39, 0.29) is 0 Å². The summed E-state index contributed by atoms with van der Waals surface area (Å²) in [4.78, 5) is 0. The van der Waals surface area contributed by atoms with Gasteiger partial charge in [-0.05, 0) is 56.2 Å². The SMILES string of the molecule is Brc1cc(Br)cc(OCC23CCC(CC2)C3)c1. The normalized spacial score (nSPS) is 30.8. The Kier molecular flexibility index (Phi) is 3.24. The van der Waals surface area contributed by atoms with Gasteiger partial charge in [0.15, 0.2) is 0 Å². The number of hydrogen-bond acceptors (Lipinski definition) is 1. The smallest absolute Gasteiger partial charge is 0.121 e. The van der Waals surface area contributed by atoms with Crippen LogP contribution in [0.5, 0.6) is 5.75 Å². The van der Waals surface area contributed by atoms with Gasteiger partial charge in [-0.25, -0.2) is 0 Å². The van der Waals surface area contributed by atoms with E-state index in [1.807, 2.05) is 18.2 Å². The second-order valence-corrected chi connectivity index (χ2v) is 7.37. The minimum atomic E-state index is 0.499. The van der Waals surface area contributed by atoms with Gasteiger partial charge in [0.25, 0.3) is 0 Å². The van der Waals surface area contributed by atoms with Gasteiger partial charge in [0.1, 0.15) is 5.75 Å². The average Bonchev–Trinajstić information content (AvgIpc) is 2.86. The second kappa shape index (κ2) is 4.58. The van der Waals surface area contributed by atoms with Gasteiger partial charge in [0.05, 0.1) is 6.61 Å². The van der Waals surface area contributed by atoms with Gasteiger partial charge in [-0.2, -0.15) is 0 Å². The summed E-state index contributed by atoms with van der Waals surface area (Å²) in [5.74, 6) is 1.96. The first-order valence-corrected chi connectivity index (χ1v) is 7.83. The fourth-order valence-electron chi connectivity index (χ4n) is 3.36. The molecule has 3 heteroatoms. The van der Waals surface area contributed by atoms with E-state index in [2.05, 4.69) is 31.9 Å². The summed E-state index contributed by atoms with van der Waals surface area (Å²) in [6.45, 7) is 0.895. The van der Waals surface area contributed by atoms with E-state index >= 15 is 0 Å². The van der Waals surface area contributed by atoms with Crippen molar-refractivity contribution in [2.75, 3.05) is 6.61 Å². The number of fused-ring (bicyclic) bond motifs is 2. The van der Waals surface area contributed by atoms with Crippen LogP contribution in [0.1, 0.15) is 32.1 Å². The molecule has 0 aromatic heterocycles. The predicted molar refractivity (Wildman–Crippen MR) is 76.3 cm³/mol. The first-order valence-electron chi connectivity index (χ1n) is 6.24. The van der Waals surface area contributed by atoms with Crippen LogP contribution in [0.2, 0.25) is 0 Å². The van der Waals surface area contributed by atoms with Crippen molar-refractivity contribution in [1.29, 1.82) is 0 Å². The van der Waals surface area contributed by atoms with Crippen LogP contribution < -0.4 is 4.74 Å². The van der Waals surface area contributed by atoms with Gasteiger partial charge in [0.2, 0.25) is 0 Å². The zero-order chi connectivity index (χ0) is 11.9. The predicted octanol–water partition coefficient (Wildman–Crippen LogP) is 5.17. The van der Waals surface area contributed by atoms with Gasteiger partial charge >= 0.3 is 0 Å². The lowest BCUT2D eigenvalue weighted by molar-refractivity contribution is 0.152. The fourth-order valence-corrected chi connectivity index (χ4v) is 4.61. The molecule has 0 heterocycles. The highest BCUT2D eigenvalue weighted by Gasteiger charge is 2.45. The maximum absolute atomic E-state index is 6.01. The number of ether oxygens (including phenoxy) is 1. The Hall–Kier alpha value is -0.0200. The van der Waals surface area contributed by atoms with Crippen LogP contribution in [0.3, 0.4) is 0 Å². The monoisotopic (exact) mass is 358 g/mol. The van der Waals surface area contributed by atoms with Crippen molar-refractivity contribution in [3.63, 3.8) is 0 Å². The highest BCUT2D eigenvalue weighted by atomic mass is 79.9. The Morgan fingerprint density at radius 3 is 2.29 bits per heavy atom. The number of rotatable bonds is 3. The lowest BCUT2D eigenvalue weighted by atomic mass is 9.85. The fraction of sp³-hybridized carbons (Fsp3) is 0.571. The van der Waals surface area contributed by atoms with Gasteiger partial charge in [0, 0.05) is 14.4 Å². The molecule has 2 aliphatic rings. The molecule has 2 aliphatic carbocycles. The maximum atomic E-state index is 6.01. The topological polar surface area (TPSA) is 9.23 Å². The average molecular weight is 360 g/mol. The molecule has 0 unspecified atom stereocenters. The van der Waals surface area contributed by atoms with E-state index < -0.39 is 0 Å². The van der Waals surface area contributed by atoms with E-state index in [1.54, 1.807) is 0 Å². The van der Waals surface area contributed by atoms with Crippen LogP contribution in [0.25, 0.3) is 0 Å². The summed E-state index contributed by atoms with van der Waals surface area (Å²) in [6, 6.07) is 6.12. The molecule has 0 saturated heterocycles. The van der Waals surface area contributed by atoms with Gasteiger partial charge in [-0.3, -0.25) is 0 Å². The molecule has 0 amide bonds. The molecule has 2 fully saturated rings. The van der Waals surface area contributed by atoms with Crippen molar-refractivity contribution in [3.8, 4) is 5.75 Å². The number of hydrogen-bond donors (Lipinski definition) is 0. The van der Waals surface area contributed by atoms with Crippen LogP contribution in [0, 0.1) is 11.3 Å². The van der Waals surface area contributed by atoms with Crippen LogP contribution in [-0.4, -0.2) is 6.61 Å². The summed E-state index contributed by atoms with van der Waals surface area (Å²) in [5, 5.41) is 0. The minimum absolute atomic E-state index is 0.499. The third kappa shape index (κ3) is 2.55. The Morgan fingerprint density at radius 2 is 1.76 bits per heavy atom. The molecule has 1 aromatic rings. The van der Waals surface area contributed by atoms with E-state index in [0.717, 1.165) is 27.2 Å². The minimum Gasteiger partial charge on any atom is -0.493 e.